The topological polar surface area (TPSA) is 84.2 Å². The summed E-state index contributed by atoms with van der Waals surface area (Å²) in [6.45, 7) is 0. The predicted octanol–water partition coefficient (Wildman–Crippen LogP) is 2.25. The summed E-state index contributed by atoms with van der Waals surface area (Å²) in [6, 6.07) is 7.18. The van der Waals surface area contributed by atoms with Crippen LogP contribution in [0.3, 0.4) is 0 Å². The van der Waals surface area contributed by atoms with Crippen LogP contribution >= 0.6 is 0 Å². The normalized spacial score (nSPS) is 20.0. The Morgan fingerprint density at radius 3 is 2.05 bits per heavy atom. The SMILES string of the molecule is NC1(C(=O)Nc2ccc(NC(=O)C3CC3)cc2)CCCC1. The maximum absolute atomic E-state index is 12.2. The summed E-state index contributed by atoms with van der Waals surface area (Å²) in [7, 11) is 0. The van der Waals surface area contributed by atoms with Gasteiger partial charge in [-0.05, 0) is 49.9 Å². The van der Waals surface area contributed by atoms with E-state index in [1.165, 1.54) is 0 Å². The summed E-state index contributed by atoms with van der Waals surface area (Å²) >= 11 is 0. The molecule has 0 saturated heterocycles. The molecular formula is C16H21N3O2. The summed E-state index contributed by atoms with van der Waals surface area (Å²) in [5.74, 6) is 0.150. The molecule has 0 heterocycles. The van der Waals surface area contributed by atoms with Crippen molar-refractivity contribution in [2.75, 3.05) is 10.6 Å². The number of carbonyl (C=O) groups excluding carboxylic acids is 2. The van der Waals surface area contributed by atoms with E-state index in [2.05, 4.69) is 10.6 Å². The van der Waals surface area contributed by atoms with Gasteiger partial charge in [0.2, 0.25) is 11.8 Å². The first-order chi connectivity index (χ1) is 10.1. The monoisotopic (exact) mass is 287 g/mol. The van der Waals surface area contributed by atoms with E-state index in [4.69, 9.17) is 5.73 Å². The van der Waals surface area contributed by atoms with Crippen LogP contribution in [0, 0.1) is 5.92 Å². The van der Waals surface area contributed by atoms with E-state index in [1.807, 2.05) is 0 Å². The molecule has 0 aliphatic heterocycles. The van der Waals surface area contributed by atoms with Crippen molar-refractivity contribution in [2.45, 2.75) is 44.1 Å². The molecule has 0 atom stereocenters. The minimum absolute atomic E-state index is 0.0821. The Hall–Kier alpha value is -1.88. The van der Waals surface area contributed by atoms with Gasteiger partial charge in [-0.15, -0.1) is 0 Å². The number of rotatable bonds is 4. The molecule has 21 heavy (non-hydrogen) atoms. The number of carbonyl (C=O) groups is 2. The van der Waals surface area contributed by atoms with Gasteiger partial charge < -0.3 is 16.4 Å². The molecule has 2 aliphatic rings. The lowest BCUT2D eigenvalue weighted by Crippen LogP contribution is -2.48. The van der Waals surface area contributed by atoms with Crippen LogP contribution in [0.15, 0.2) is 24.3 Å². The lowest BCUT2D eigenvalue weighted by atomic mass is 9.98. The van der Waals surface area contributed by atoms with Crippen molar-refractivity contribution in [3.63, 3.8) is 0 Å². The molecule has 1 aromatic carbocycles. The first-order valence-electron chi connectivity index (χ1n) is 7.58. The third kappa shape index (κ3) is 3.24. The molecule has 1 aromatic rings. The van der Waals surface area contributed by atoms with Crippen LogP contribution < -0.4 is 16.4 Å². The number of benzene rings is 1. The molecule has 112 valence electrons. The molecule has 2 amide bonds. The minimum Gasteiger partial charge on any atom is -0.326 e. The van der Waals surface area contributed by atoms with Gasteiger partial charge in [-0.2, -0.15) is 0 Å². The Morgan fingerprint density at radius 1 is 1.00 bits per heavy atom. The fraction of sp³-hybridized carbons (Fsp3) is 0.500. The number of hydrogen-bond acceptors (Lipinski definition) is 3. The second kappa shape index (κ2) is 5.48. The zero-order valence-electron chi connectivity index (χ0n) is 12.0. The number of amides is 2. The predicted molar refractivity (Wildman–Crippen MR) is 81.8 cm³/mol. The summed E-state index contributed by atoms with van der Waals surface area (Å²) in [5.41, 5.74) is 6.86. The third-order valence-corrected chi connectivity index (χ3v) is 4.31. The summed E-state index contributed by atoms with van der Waals surface area (Å²) < 4.78 is 0. The maximum atomic E-state index is 12.2. The van der Waals surface area contributed by atoms with E-state index in [-0.39, 0.29) is 17.7 Å². The van der Waals surface area contributed by atoms with E-state index < -0.39 is 5.54 Å². The average molecular weight is 287 g/mol. The van der Waals surface area contributed by atoms with Crippen LogP contribution in [0.4, 0.5) is 11.4 Å². The van der Waals surface area contributed by atoms with Gasteiger partial charge >= 0.3 is 0 Å². The van der Waals surface area contributed by atoms with Gasteiger partial charge in [0.05, 0.1) is 5.54 Å². The molecule has 2 fully saturated rings. The molecule has 0 unspecified atom stereocenters. The summed E-state index contributed by atoms with van der Waals surface area (Å²) in [4.78, 5) is 23.8. The average Bonchev–Trinajstić information content (AvgIpc) is 3.23. The van der Waals surface area contributed by atoms with Crippen molar-refractivity contribution >= 4 is 23.2 Å². The smallest absolute Gasteiger partial charge is 0.244 e. The van der Waals surface area contributed by atoms with Gasteiger partial charge in [0.15, 0.2) is 0 Å². The molecule has 0 bridgehead atoms. The fourth-order valence-corrected chi connectivity index (χ4v) is 2.72. The van der Waals surface area contributed by atoms with Crippen molar-refractivity contribution < 1.29 is 9.59 Å². The highest BCUT2D eigenvalue weighted by atomic mass is 16.2. The van der Waals surface area contributed by atoms with Gasteiger partial charge in [-0.3, -0.25) is 9.59 Å². The molecule has 5 nitrogen and oxygen atoms in total. The lowest BCUT2D eigenvalue weighted by Gasteiger charge is -2.22. The largest absolute Gasteiger partial charge is 0.326 e. The molecule has 0 radical (unpaired) electrons. The zero-order valence-corrected chi connectivity index (χ0v) is 12.0. The van der Waals surface area contributed by atoms with Gasteiger partial charge in [0.1, 0.15) is 0 Å². The number of anilines is 2. The first-order valence-corrected chi connectivity index (χ1v) is 7.58. The summed E-state index contributed by atoms with van der Waals surface area (Å²) in [6.07, 6.45) is 5.48. The molecule has 0 spiro atoms. The highest BCUT2D eigenvalue weighted by Gasteiger charge is 2.37. The van der Waals surface area contributed by atoms with Crippen LogP contribution in [-0.4, -0.2) is 17.4 Å². The van der Waals surface area contributed by atoms with E-state index >= 15 is 0 Å². The number of hydrogen-bond donors (Lipinski definition) is 3. The van der Waals surface area contributed by atoms with Crippen molar-refractivity contribution in [3.8, 4) is 0 Å². The quantitative estimate of drug-likeness (QED) is 0.794. The Balaban J connectivity index is 1.58. The van der Waals surface area contributed by atoms with Gasteiger partial charge in [-0.1, -0.05) is 12.8 Å². The van der Waals surface area contributed by atoms with E-state index in [0.29, 0.717) is 5.69 Å². The molecule has 0 aromatic heterocycles. The molecule has 3 rings (SSSR count). The molecule has 2 aliphatic carbocycles. The van der Waals surface area contributed by atoms with E-state index in [9.17, 15) is 9.59 Å². The lowest BCUT2D eigenvalue weighted by molar-refractivity contribution is -0.121. The molecule has 2 saturated carbocycles. The first kappa shape index (κ1) is 14.1. The maximum Gasteiger partial charge on any atom is 0.244 e. The third-order valence-electron chi connectivity index (χ3n) is 4.31. The van der Waals surface area contributed by atoms with Gasteiger partial charge in [0, 0.05) is 17.3 Å². The Morgan fingerprint density at radius 2 is 1.52 bits per heavy atom. The number of nitrogens with one attached hydrogen (secondary N) is 2. The minimum atomic E-state index is -0.723. The van der Waals surface area contributed by atoms with E-state index in [1.54, 1.807) is 24.3 Å². The second-order valence-electron chi connectivity index (χ2n) is 6.16. The van der Waals surface area contributed by atoms with Crippen LogP contribution in [0.2, 0.25) is 0 Å². The van der Waals surface area contributed by atoms with Crippen molar-refractivity contribution in [1.29, 1.82) is 0 Å². The molecule has 5 heteroatoms. The van der Waals surface area contributed by atoms with Crippen molar-refractivity contribution in [2.24, 2.45) is 11.7 Å². The Bertz CT molecular complexity index is 543. The van der Waals surface area contributed by atoms with Crippen LogP contribution in [0.5, 0.6) is 0 Å². The van der Waals surface area contributed by atoms with Gasteiger partial charge in [0.25, 0.3) is 0 Å². The number of nitrogens with two attached hydrogens (primary N) is 1. The van der Waals surface area contributed by atoms with Gasteiger partial charge in [-0.25, -0.2) is 0 Å². The molecular weight excluding hydrogens is 266 g/mol. The Kier molecular flexibility index (Phi) is 3.68. The molecule has 4 N–H and O–H groups in total. The van der Waals surface area contributed by atoms with E-state index in [0.717, 1.165) is 44.2 Å². The standard InChI is InChI=1S/C16H21N3O2/c17-16(9-1-2-10-16)15(21)19-13-7-5-12(6-8-13)18-14(20)11-3-4-11/h5-8,11H,1-4,9-10,17H2,(H,18,20)(H,19,21). The Labute approximate surface area is 124 Å². The van der Waals surface area contributed by atoms with Crippen LogP contribution in [-0.2, 0) is 9.59 Å². The van der Waals surface area contributed by atoms with Crippen molar-refractivity contribution in [1.82, 2.24) is 0 Å². The van der Waals surface area contributed by atoms with Crippen LogP contribution in [0.1, 0.15) is 38.5 Å². The second-order valence-corrected chi connectivity index (χ2v) is 6.16. The highest BCUT2D eigenvalue weighted by Crippen LogP contribution is 2.31. The zero-order chi connectivity index (χ0) is 14.9. The summed E-state index contributed by atoms with van der Waals surface area (Å²) in [5, 5.41) is 5.73. The fourth-order valence-electron chi connectivity index (χ4n) is 2.72. The van der Waals surface area contributed by atoms with Crippen LogP contribution in [0.25, 0.3) is 0 Å². The van der Waals surface area contributed by atoms with Crippen molar-refractivity contribution in [3.05, 3.63) is 24.3 Å². The highest BCUT2D eigenvalue weighted by molar-refractivity contribution is 5.98.